The highest BCUT2D eigenvalue weighted by Gasteiger charge is 2.09. The normalized spacial score (nSPS) is 9.80. The van der Waals surface area contributed by atoms with E-state index in [2.05, 4.69) is 4.74 Å². The van der Waals surface area contributed by atoms with Crippen LogP contribution in [0.1, 0.15) is 15.9 Å². The Labute approximate surface area is 88.4 Å². The Hall–Kier alpha value is -1.55. The summed E-state index contributed by atoms with van der Waals surface area (Å²) in [6, 6.07) is 5.06. The third-order valence-corrected chi connectivity index (χ3v) is 1.96. The second kappa shape index (κ2) is 5.36. The Balaban J connectivity index is 2.83. The molecule has 1 rings (SSSR count). The van der Waals surface area contributed by atoms with Gasteiger partial charge in [0.15, 0.2) is 0 Å². The molecule has 0 aliphatic rings. The van der Waals surface area contributed by atoms with Gasteiger partial charge in [-0.1, -0.05) is 0 Å². The third kappa shape index (κ3) is 2.95. The number of aryl methyl sites for hydroxylation is 1. The molecule has 4 nitrogen and oxygen atoms in total. The predicted molar refractivity (Wildman–Crippen MR) is 55.1 cm³/mol. The molecule has 1 aromatic carbocycles. The van der Waals surface area contributed by atoms with E-state index in [9.17, 15) is 4.79 Å². The van der Waals surface area contributed by atoms with E-state index < -0.39 is 0 Å². The summed E-state index contributed by atoms with van der Waals surface area (Å²) in [5.74, 6) is 0.274. The second-order valence-corrected chi connectivity index (χ2v) is 3.04. The molecular formula is C11H14O4. The van der Waals surface area contributed by atoms with Crippen molar-refractivity contribution >= 4 is 5.97 Å². The van der Waals surface area contributed by atoms with Crippen LogP contribution in [0.15, 0.2) is 18.2 Å². The first-order chi connectivity index (χ1) is 7.19. The Kier molecular flexibility index (Phi) is 4.12. The van der Waals surface area contributed by atoms with Gasteiger partial charge in [0.1, 0.15) is 12.4 Å². The fraction of sp³-hybridized carbons (Fsp3) is 0.364. The molecule has 0 aliphatic carbocycles. The van der Waals surface area contributed by atoms with Crippen molar-refractivity contribution in [2.24, 2.45) is 0 Å². The van der Waals surface area contributed by atoms with Crippen LogP contribution in [0.4, 0.5) is 0 Å². The first-order valence-corrected chi connectivity index (χ1v) is 4.61. The number of aliphatic hydroxyl groups excluding tert-OH is 1. The van der Waals surface area contributed by atoms with Gasteiger partial charge in [0.25, 0.3) is 0 Å². The maximum absolute atomic E-state index is 11.3. The summed E-state index contributed by atoms with van der Waals surface area (Å²) < 4.78 is 9.82. The van der Waals surface area contributed by atoms with Crippen LogP contribution in [-0.2, 0) is 4.74 Å². The summed E-state index contributed by atoms with van der Waals surface area (Å²) in [4.78, 5) is 11.3. The van der Waals surface area contributed by atoms with Crippen molar-refractivity contribution in [3.63, 3.8) is 0 Å². The molecule has 0 bridgehead atoms. The summed E-state index contributed by atoms with van der Waals surface area (Å²) in [6.45, 7) is 2.02. The van der Waals surface area contributed by atoms with Gasteiger partial charge in [-0.05, 0) is 30.7 Å². The van der Waals surface area contributed by atoms with Gasteiger partial charge >= 0.3 is 5.97 Å². The van der Waals surface area contributed by atoms with Crippen molar-refractivity contribution in [2.75, 3.05) is 20.3 Å². The molecule has 0 unspecified atom stereocenters. The fourth-order valence-electron chi connectivity index (χ4n) is 1.23. The number of benzene rings is 1. The fourth-order valence-corrected chi connectivity index (χ4v) is 1.23. The predicted octanol–water partition coefficient (Wildman–Crippen LogP) is 1.15. The van der Waals surface area contributed by atoms with E-state index in [0.717, 1.165) is 5.56 Å². The molecule has 82 valence electrons. The van der Waals surface area contributed by atoms with Crippen molar-refractivity contribution in [3.05, 3.63) is 29.3 Å². The molecule has 0 saturated heterocycles. The molecule has 4 heteroatoms. The molecular weight excluding hydrogens is 196 g/mol. The lowest BCUT2D eigenvalue weighted by atomic mass is 10.1. The zero-order valence-electron chi connectivity index (χ0n) is 8.82. The summed E-state index contributed by atoms with van der Waals surface area (Å²) in [5.41, 5.74) is 1.31. The van der Waals surface area contributed by atoms with Crippen LogP contribution < -0.4 is 4.74 Å². The maximum Gasteiger partial charge on any atom is 0.338 e. The van der Waals surface area contributed by atoms with Crippen LogP contribution in [0.5, 0.6) is 5.75 Å². The molecule has 0 aromatic heterocycles. The molecule has 0 radical (unpaired) electrons. The zero-order chi connectivity index (χ0) is 11.3. The number of esters is 1. The van der Waals surface area contributed by atoms with E-state index in [4.69, 9.17) is 9.84 Å². The van der Waals surface area contributed by atoms with Crippen LogP contribution in [0.3, 0.4) is 0 Å². The molecule has 0 fully saturated rings. The lowest BCUT2D eigenvalue weighted by Crippen LogP contribution is -2.05. The molecule has 0 aliphatic heterocycles. The van der Waals surface area contributed by atoms with Gasteiger partial charge in [-0.15, -0.1) is 0 Å². The number of carbonyl (C=O) groups is 1. The van der Waals surface area contributed by atoms with Gasteiger partial charge in [-0.25, -0.2) is 4.79 Å². The summed E-state index contributed by atoms with van der Waals surface area (Å²) in [7, 11) is 1.35. The largest absolute Gasteiger partial charge is 0.491 e. The van der Waals surface area contributed by atoms with Crippen LogP contribution >= 0.6 is 0 Å². The number of hydrogen-bond acceptors (Lipinski definition) is 4. The monoisotopic (exact) mass is 210 g/mol. The molecule has 1 N–H and O–H groups in total. The summed E-state index contributed by atoms with van der Waals surface area (Å²) in [6.07, 6.45) is 0. The number of rotatable bonds is 4. The van der Waals surface area contributed by atoms with Gasteiger partial charge in [0, 0.05) is 0 Å². The van der Waals surface area contributed by atoms with E-state index in [1.807, 2.05) is 0 Å². The average molecular weight is 210 g/mol. The standard InChI is InChI=1S/C11H14O4/c1-8-7-9(15-6-5-12)3-4-10(8)11(13)14-2/h3-4,7,12H,5-6H2,1-2H3. The Morgan fingerprint density at radius 1 is 1.47 bits per heavy atom. The topological polar surface area (TPSA) is 55.8 Å². The van der Waals surface area contributed by atoms with Gasteiger partial charge in [0.2, 0.25) is 0 Å². The Morgan fingerprint density at radius 2 is 2.20 bits per heavy atom. The number of ether oxygens (including phenoxy) is 2. The van der Waals surface area contributed by atoms with E-state index >= 15 is 0 Å². The van der Waals surface area contributed by atoms with Crippen molar-refractivity contribution in [1.82, 2.24) is 0 Å². The molecule has 1 aromatic rings. The number of hydrogen-bond donors (Lipinski definition) is 1. The molecule has 0 saturated carbocycles. The smallest absolute Gasteiger partial charge is 0.338 e. The number of methoxy groups -OCH3 is 1. The zero-order valence-corrected chi connectivity index (χ0v) is 8.82. The number of aliphatic hydroxyl groups is 1. The van der Waals surface area contributed by atoms with Crippen LogP contribution in [0.2, 0.25) is 0 Å². The number of carbonyl (C=O) groups excluding carboxylic acids is 1. The van der Waals surface area contributed by atoms with Crippen LogP contribution in [-0.4, -0.2) is 31.4 Å². The average Bonchev–Trinajstić information content (AvgIpc) is 2.25. The van der Waals surface area contributed by atoms with Crippen molar-refractivity contribution in [1.29, 1.82) is 0 Å². The minimum Gasteiger partial charge on any atom is -0.491 e. The van der Waals surface area contributed by atoms with Crippen molar-refractivity contribution in [2.45, 2.75) is 6.92 Å². The first-order valence-electron chi connectivity index (χ1n) is 4.61. The Morgan fingerprint density at radius 3 is 2.73 bits per heavy atom. The maximum atomic E-state index is 11.3. The molecule has 0 amide bonds. The van der Waals surface area contributed by atoms with Gasteiger partial charge in [-0.3, -0.25) is 0 Å². The van der Waals surface area contributed by atoms with Crippen LogP contribution in [0.25, 0.3) is 0 Å². The first kappa shape index (κ1) is 11.5. The SMILES string of the molecule is COC(=O)c1ccc(OCCO)cc1C. The molecule has 0 atom stereocenters. The minimum atomic E-state index is -0.360. The minimum absolute atomic E-state index is 0.0300. The highest BCUT2D eigenvalue weighted by atomic mass is 16.5. The molecule has 0 heterocycles. The van der Waals surface area contributed by atoms with Gasteiger partial charge in [-0.2, -0.15) is 0 Å². The van der Waals surface area contributed by atoms with Crippen molar-refractivity contribution < 1.29 is 19.4 Å². The third-order valence-electron chi connectivity index (χ3n) is 1.96. The van der Waals surface area contributed by atoms with Gasteiger partial charge < -0.3 is 14.6 Å². The van der Waals surface area contributed by atoms with E-state index in [0.29, 0.717) is 11.3 Å². The molecule has 15 heavy (non-hydrogen) atoms. The highest BCUT2D eigenvalue weighted by Crippen LogP contribution is 2.17. The van der Waals surface area contributed by atoms with E-state index in [1.54, 1.807) is 25.1 Å². The van der Waals surface area contributed by atoms with E-state index in [-0.39, 0.29) is 19.2 Å². The Bertz CT molecular complexity index is 346. The summed E-state index contributed by atoms with van der Waals surface area (Å²) in [5, 5.41) is 8.58. The lowest BCUT2D eigenvalue weighted by Gasteiger charge is -2.07. The second-order valence-electron chi connectivity index (χ2n) is 3.04. The van der Waals surface area contributed by atoms with E-state index in [1.165, 1.54) is 7.11 Å². The van der Waals surface area contributed by atoms with Crippen molar-refractivity contribution in [3.8, 4) is 5.75 Å². The van der Waals surface area contributed by atoms with Gasteiger partial charge in [0.05, 0.1) is 19.3 Å². The lowest BCUT2D eigenvalue weighted by molar-refractivity contribution is 0.0600. The summed E-state index contributed by atoms with van der Waals surface area (Å²) >= 11 is 0. The quantitative estimate of drug-likeness (QED) is 0.757. The van der Waals surface area contributed by atoms with Crippen LogP contribution in [0, 0.1) is 6.92 Å². The molecule has 0 spiro atoms. The highest BCUT2D eigenvalue weighted by molar-refractivity contribution is 5.91.